The largest absolute Gasteiger partial charge is 0.586 e. The van der Waals surface area contributed by atoms with E-state index in [1.807, 2.05) is 0 Å². The summed E-state index contributed by atoms with van der Waals surface area (Å²) in [5, 5.41) is 0. The Morgan fingerprint density at radius 1 is 1.50 bits per heavy atom. The van der Waals surface area contributed by atoms with Gasteiger partial charge in [0.05, 0.1) is 11.9 Å². The summed E-state index contributed by atoms with van der Waals surface area (Å²) < 4.78 is 38.3. The average molecular weight is 231 g/mol. The van der Waals surface area contributed by atoms with Crippen LogP contribution in [-0.4, -0.2) is 17.2 Å². The molecule has 0 fully saturated rings. The van der Waals surface area contributed by atoms with Crippen molar-refractivity contribution in [2.45, 2.75) is 19.8 Å². The van der Waals surface area contributed by atoms with Gasteiger partial charge in [0.2, 0.25) is 0 Å². The first-order chi connectivity index (χ1) is 7.46. The minimum absolute atomic E-state index is 0.0997. The summed E-state index contributed by atoms with van der Waals surface area (Å²) in [6.07, 6.45) is -2.57. The predicted octanol–water partition coefficient (Wildman–Crippen LogP) is 1.47. The highest BCUT2D eigenvalue weighted by Gasteiger charge is 2.43. The second-order valence-corrected chi connectivity index (χ2v) is 3.07. The molecule has 0 bridgehead atoms. The molecule has 0 saturated carbocycles. The molecule has 0 aliphatic carbocycles. The van der Waals surface area contributed by atoms with Gasteiger partial charge in [-0.25, -0.2) is 0 Å². The molecule has 0 unspecified atom stereocenters. The van der Waals surface area contributed by atoms with Gasteiger partial charge in [-0.05, 0) is 0 Å². The summed E-state index contributed by atoms with van der Waals surface area (Å²) in [5.74, 6) is -0.747. The highest BCUT2D eigenvalue weighted by Crippen LogP contribution is 2.40. The van der Waals surface area contributed by atoms with Gasteiger partial charge >= 0.3 is 12.3 Å². The number of hydrogen-bond donors (Lipinski definition) is 0. The summed E-state index contributed by atoms with van der Waals surface area (Å²) >= 11 is 0. The molecule has 1 aliphatic rings. The van der Waals surface area contributed by atoms with Crippen LogP contribution in [0.1, 0.15) is 12.6 Å². The Hall–Kier alpha value is -1.92. The first-order valence-corrected chi connectivity index (χ1v) is 4.34. The van der Waals surface area contributed by atoms with Crippen molar-refractivity contribution in [3.05, 3.63) is 18.0 Å². The van der Waals surface area contributed by atoms with Gasteiger partial charge in [-0.15, -0.1) is 8.78 Å². The molecule has 0 radical (unpaired) electrons. The molecule has 7 heteroatoms. The van der Waals surface area contributed by atoms with Crippen molar-refractivity contribution in [2.75, 3.05) is 0 Å². The van der Waals surface area contributed by atoms with Crippen molar-refractivity contribution in [3.63, 3.8) is 0 Å². The number of carbonyl (C=O) groups is 1. The average Bonchev–Trinajstić information content (AvgIpc) is 2.47. The van der Waals surface area contributed by atoms with Gasteiger partial charge in [0.1, 0.15) is 6.61 Å². The van der Waals surface area contributed by atoms with Crippen molar-refractivity contribution >= 4 is 5.97 Å². The third kappa shape index (κ3) is 2.18. The molecule has 2 rings (SSSR count). The fourth-order valence-corrected chi connectivity index (χ4v) is 1.15. The molecule has 0 N–H and O–H groups in total. The molecule has 1 aromatic heterocycles. The first-order valence-electron chi connectivity index (χ1n) is 4.34. The van der Waals surface area contributed by atoms with Crippen molar-refractivity contribution < 1.29 is 27.8 Å². The lowest BCUT2D eigenvalue weighted by Crippen LogP contribution is -2.25. The van der Waals surface area contributed by atoms with Crippen LogP contribution >= 0.6 is 0 Å². The zero-order valence-corrected chi connectivity index (χ0v) is 8.20. The number of carbonyl (C=O) groups excluding carboxylic acids is 1. The van der Waals surface area contributed by atoms with Crippen molar-refractivity contribution in [3.8, 4) is 11.5 Å². The maximum Gasteiger partial charge on any atom is 0.586 e. The third-order valence-corrected chi connectivity index (χ3v) is 1.77. The highest BCUT2D eigenvalue weighted by molar-refractivity contribution is 5.65. The lowest BCUT2D eigenvalue weighted by molar-refractivity contribution is -0.286. The van der Waals surface area contributed by atoms with Crippen LogP contribution in [0.4, 0.5) is 8.78 Å². The molecular formula is C9H7F2NO4. The Morgan fingerprint density at radius 3 is 2.88 bits per heavy atom. The number of halogens is 2. The molecule has 0 atom stereocenters. The van der Waals surface area contributed by atoms with E-state index in [2.05, 4.69) is 19.2 Å². The van der Waals surface area contributed by atoms with Crippen LogP contribution in [0, 0.1) is 0 Å². The standard InChI is InChI=1S/C9H7F2NO4/c1-5(13)14-4-6-2-7-8(3-12-6)16-9(10,11)15-7/h2-3H,4H2,1H3. The number of fused-ring (bicyclic) bond motifs is 1. The minimum atomic E-state index is -3.66. The minimum Gasteiger partial charge on any atom is -0.459 e. The van der Waals surface area contributed by atoms with Crippen LogP contribution in [0.15, 0.2) is 12.3 Å². The van der Waals surface area contributed by atoms with Crippen molar-refractivity contribution in [1.29, 1.82) is 0 Å². The van der Waals surface area contributed by atoms with Crippen LogP contribution < -0.4 is 9.47 Å². The number of ether oxygens (including phenoxy) is 3. The van der Waals surface area contributed by atoms with Gasteiger partial charge in [-0.3, -0.25) is 9.78 Å². The fourth-order valence-electron chi connectivity index (χ4n) is 1.15. The molecule has 5 nitrogen and oxygen atoms in total. The molecule has 0 saturated heterocycles. The fraction of sp³-hybridized carbons (Fsp3) is 0.333. The van der Waals surface area contributed by atoms with Crippen LogP contribution in [0.25, 0.3) is 0 Å². The van der Waals surface area contributed by atoms with Gasteiger partial charge < -0.3 is 14.2 Å². The van der Waals surface area contributed by atoms with Gasteiger partial charge in [0.25, 0.3) is 0 Å². The predicted molar refractivity (Wildman–Crippen MR) is 45.9 cm³/mol. The lowest BCUT2D eigenvalue weighted by Gasteiger charge is -2.04. The summed E-state index contributed by atoms with van der Waals surface area (Å²) in [7, 11) is 0. The molecule has 0 aromatic carbocycles. The highest BCUT2D eigenvalue weighted by atomic mass is 19.3. The number of esters is 1. The van der Waals surface area contributed by atoms with E-state index in [0.29, 0.717) is 5.69 Å². The molecule has 0 spiro atoms. The quantitative estimate of drug-likeness (QED) is 0.721. The number of hydrogen-bond acceptors (Lipinski definition) is 5. The monoisotopic (exact) mass is 231 g/mol. The summed E-state index contributed by atoms with van der Waals surface area (Å²) in [4.78, 5) is 14.3. The SMILES string of the molecule is CC(=O)OCc1cc2c(cn1)OC(F)(F)O2. The zero-order valence-electron chi connectivity index (χ0n) is 8.20. The normalized spacial score (nSPS) is 15.9. The number of rotatable bonds is 2. The molecule has 2 heterocycles. The molecule has 86 valence electrons. The molecule has 16 heavy (non-hydrogen) atoms. The molecule has 0 amide bonds. The van der Waals surface area contributed by atoms with E-state index in [1.165, 1.54) is 13.0 Å². The zero-order chi connectivity index (χ0) is 11.8. The van der Waals surface area contributed by atoms with E-state index in [1.54, 1.807) is 0 Å². The maximum atomic E-state index is 12.6. The number of nitrogens with zero attached hydrogens (tertiary/aromatic N) is 1. The van der Waals surface area contributed by atoms with E-state index in [4.69, 9.17) is 0 Å². The van der Waals surface area contributed by atoms with E-state index in [0.717, 1.165) is 6.20 Å². The summed E-state index contributed by atoms with van der Waals surface area (Å²) in [6.45, 7) is 1.14. The number of aromatic nitrogens is 1. The van der Waals surface area contributed by atoms with Gasteiger partial charge in [-0.2, -0.15) is 0 Å². The topological polar surface area (TPSA) is 57.7 Å². The Morgan fingerprint density at radius 2 is 2.19 bits per heavy atom. The molecular weight excluding hydrogens is 224 g/mol. The first kappa shape index (κ1) is 10.6. The van der Waals surface area contributed by atoms with Gasteiger partial charge in [-0.1, -0.05) is 0 Å². The van der Waals surface area contributed by atoms with Crippen LogP contribution in [0.3, 0.4) is 0 Å². The lowest BCUT2D eigenvalue weighted by atomic mass is 10.3. The maximum absolute atomic E-state index is 12.6. The summed E-state index contributed by atoms with van der Waals surface area (Å²) in [5.41, 5.74) is 0.301. The van der Waals surface area contributed by atoms with Crippen LogP contribution in [0.2, 0.25) is 0 Å². The smallest absolute Gasteiger partial charge is 0.459 e. The van der Waals surface area contributed by atoms with Crippen molar-refractivity contribution in [1.82, 2.24) is 4.98 Å². The van der Waals surface area contributed by atoms with E-state index in [9.17, 15) is 13.6 Å². The second-order valence-electron chi connectivity index (χ2n) is 3.07. The third-order valence-electron chi connectivity index (χ3n) is 1.77. The van der Waals surface area contributed by atoms with Crippen LogP contribution in [0.5, 0.6) is 11.5 Å². The van der Waals surface area contributed by atoms with Gasteiger partial charge in [0.15, 0.2) is 11.5 Å². The van der Waals surface area contributed by atoms with Gasteiger partial charge in [0, 0.05) is 13.0 Å². The van der Waals surface area contributed by atoms with E-state index < -0.39 is 12.3 Å². The summed E-state index contributed by atoms with van der Waals surface area (Å²) in [6, 6.07) is 1.24. The Bertz CT molecular complexity index is 436. The Balaban J connectivity index is 2.13. The van der Waals surface area contributed by atoms with E-state index in [-0.39, 0.29) is 18.1 Å². The molecule has 1 aromatic rings. The van der Waals surface area contributed by atoms with Crippen LogP contribution in [-0.2, 0) is 16.1 Å². The Kier molecular flexibility index (Phi) is 2.37. The second kappa shape index (κ2) is 3.58. The number of pyridine rings is 1. The molecule has 1 aliphatic heterocycles. The van der Waals surface area contributed by atoms with Crippen molar-refractivity contribution in [2.24, 2.45) is 0 Å². The number of alkyl halides is 2. The van der Waals surface area contributed by atoms with E-state index >= 15 is 0 Å². The Labute approximate surface area is 88.9 Å².